The lowest BCUT2D eigenvalue weighted by Gasteiger charge is -2.30. The zero-order valence-electron chi connectivity index (χ0n) is 15.1. The summed E-state index contributed by atoms with van der Waals surface area (Å²) in [4.78, 5) is 27.4. The summed E-state index contributed by atoms with van der Waals surface area (Å²) >= 11 is 1.44. The molecular weight excluding hydrogens is 356 g/mol. The fraction of sp³-hybridized carbons (Fsp3) is 0.182. The summed E-state index contributed by atoms with van der Waals surface area (Å²) in [7, 11) is 0. The van der Waals surface area contributed by atoms with E-state index in [0.29, 0.717) is 24.3 Å². The van der Waals surface area contributed by atoms with Gasteiger partial charge in [0.1, 0.15) is 0 Å². The number of hydrogen-bond acceptors (Lipinski definition) is 3. The number of hydrogen-bond donors (Lipinski definition) is 1. The third-order valence-electron chi connectivity index (χ3n) is 4.68. The molecule has 3 aromatic rings. The maximum atomic E-state index is 12.5. The topological polar surface area (TPSA) is 49.4 Å². The van der Waals surface area contributed by atoms with Crippen molar-refractivity contribution < 1.29 is 9.59 Å². The number of nitrogens with zero attached hydrogens (tertiary/aromatic N) is 1. The lowest BCUT2D eigenvalue weighted by molar-refractivity contribution is -0.119. The van der Waals surface area contributed by atoms with Crippen molar-refractivity contribution in [2.24, 2.45) is 0 Å². The third-order valence-corrected chi connectivity index (χ3v) is 5.72. The number of amides is 2. The van der Waals surface area contributed by atoms with E-state index >= 15 is 0 Å². The summed E-state index contributed by atoms with van der Waals surface area (Å²) < 4.78 is 0. The molecule has 0 bridgehead atoms. The van der Waals surface area contributed by atoms with Gasteiger partial charge in [0.05, 0.1) is 11.4 Å². The predicted molar refractivity (Wildman–Crippen MR) is 109 cm³/mol. The van der Waals surface area contributed by atoms with Gasteiger partial charge in [-0.1, -0.05) is 30.3 Å². The Morgan fingerprint density at radius 2 is 1.93 bits per heavy atom. The molecular formula is C22H20N2O2S. The van der Waals surface area contributed by atoms with E-state index in [1.54, 1.807) is 0 Å². The van der Waals surface area contributed by atoms with E-state index < -0.39 is 0 Å². The van der Waals surface area contributed by atoms with Crippen molar-refractivity contribution in [3.8, 4) is 0 Å². The number of carbonyl (C=O) groups excluding carboxylic acids is 2. The second-order valence-electron chi connectivity index (χ2n) is 6.75. The Morgan fingerprint density at radius 1 is 1.11 bits per heavy atom. The first kappa shape index (κ1) is 17.5. The van der Waals surface area contributed by atoms with Crippen molar-refractivity contribution in [2.75, 3.05) is 10.2 Å². The van der Waals surface area contributed by atoms with Crippen LogP contribution in [0.1, 0.15) is 32.8 Å². The van der Waals surface area contributed by atoms with Crippen LogP contribution in [0, 0.1) is 6.92 Å². The van der Waals surface area contributed by atoms with Gasteiger partial charge in [-0.3, -0.25) is 9.59 Å². The lowest BCUT2D eigenvalue weighted by atomic mass is 9.99. The summed E-state index contributed by atoms with van der Waals surface area (Å²) in [5.74, 6) is 0.0401. The number of carbonyl (C=O) groups is 2. The molecule has 2 amide bonds. The highest BCUT2D eigenvalue weighted by Gasteiger charge is 2.24. The van der Waals surface area contributed by atoms with Gasteiger partial charge in [0, 0.05) is 17.8 Å². The number of thiophene rings is 1. The number of nitrogens with one attached hydrogen (secondary N) is 1. The van der Waals surface area contributed by atoms with Gasteiger partial charge < -0.3 is 10.2 Å². The first-order valence-corrected chi connectivity index (χ1v) is 9.82. The Morgan fingerprint density at radius 3 is 2.67 bits per heavy atom. The largest absolute Gasteiger partial charge is 0.321 e. The first-order chi connectivity index (χ1) is 13.1. The molecule has 0 atom stereocenters. The van der Waals surface area contributed by atoms with Crippen LogP contribution < -0.4 is 10.2 Å². The highest BCUT2D eigenvalue weighted by atomic mass is 32.1. The molecule has 1 aliphatic heterocycles. The lowest BCUT2D eigenvalue weighted by Crippen LogP contribution is -2.34. The van der Waals surface area contributed by atoms with Crippen molar-refractivity contribution in [1.29, 1.82) is 0 Å². The molecule has 0 saturated carbocycles. The smallest absolute Gasteiger partial charge is 0.265 e. The number of fused-ring (bicyclic) bond motifs is 1. The van der Waals surface area contributed by atoms with Gasteiger partial charge in [-0.05, 0) is 59.7 Å². The number of aryl methyl sites for hydroxylation is 2. The van der Waals surface area contributed by atoms with Crippen LogP contribution in [0.25, 0.3) is 0 Å². The highest BCUT2D eigenvalue weighted by molar-refractivity contribution is 7.12. The van der Waals surface area contributed by atoms with E-state index in [1.165, 1.54) is 11.3 Å². The molecule has 0 unspecified atom stereocenters. The fourth-order valence-corrected chi connectivity index (χ4v) is 4.11. The van der Waals surface area contributed by atoms with E-state index in [-0.39, 0.29) is 11.8 Å². The Labute approximate surface area is 162 Å². The Balaban J connectivity index is 1.56. The van der Waals surface area contributed by atoms with Crippen LogP contribution in [0.2, 0.25) is 0 Å². The molecule has 0 radical (unpaired) electrons. The molecule has 136 valence electrons. The van der Waals surface area contributed by atoms with Crippen LogP contribution in [-0.4, -0.2) is 11.8 Å². The van der Waals surface area contributed by atoms with Gasteiger partial charge in [-0.15, -0.1) is 11.3 Å². The van der Waals surface area contributed by atoms with Crippen molar-refractivity contribution in [1.82, 2.24) is 0 Å². The predicted octanol–water partition coefficient (Wildman–Crippen LogP) is 4.79. The van der Waals surface area contributed by atoms with Crippen LogP contribution in [-0.2, 0) is 17.8 Å². The van der Waals surface area contributed by atoms with Gasteiger partial charge in [0.2, 0.25) is 5.91 Å². The second-order valence-corrected chi connectivity index (χ2v) is 7.66. The van der Waals surface area contributed by atoms with Gasteiger partial charge in [0.15, 0.2) is 0 Å². The standard InChI is InChI=1S/C22H20N2O2S/c1-15-11-20(27-14-15)22(26)23-18-8-9-19-17(12-18)7-10-21(25)24(19)13-16-5-3-2-4-6-16/h2-6,8-9,11-12,14H,7,10,13H2,1H3,(H,23,26). The van der Waals surface area contributed by atoms with Gasteiger partial charge in [-0.2, -0.15) is 0 Å². The molecule has 2 aromatic carbocycles. The zero-order chi connectivity index (χ0) is 18.8. The number of rotatable bonds is 4. The van der Waals surface area contributed by atoms with E-state index in [9.17, 15) is 9.59 Å². The van der Waals surface area contributed by atoms with Crippen molar-refractivity contribution in [3.63, 3.8) is 0 Å². The summed E-state index contributed by atoms with van der Waals surface area (Å²) in [6.45, 7) is 2.54. The van der Waals surface area contributed by atoms with Crippen LogP contribution in [0.15, 0.2) is 60.0 Å². The van der Waals surface area contributed by atoms with E-state index in [0.717, 1.165) is 28.1 Å². The van der Waals surface area contributed by atoms with E-state index in [2.05, 4.69) is 5.32 Å². The molecule has 5 heteroatoms. The van der Waals surface area contributed by atoms with E-state index in [4.69, 9.17) is 0 Å². The van der Waals surface area contributed by atoms with Gasteiger partial charge >= 0.3 is 0 Å². The van der Waals surface area contributed by atoms with Crippen LogP contribution >= 0.6 is 11.3 Å². The molecule has 4 rings (SSSR count). The van der Waals surface area contributed by atoms with E-state index in [1.807, 2.05) is 71.8 Å². The van der Waals surface area contributed by atoms with Crippen LogP contribution in [0.5, 0.6) is 0 Å². The molecule has 1 aliphatic rings. The minimum absolute atomic E-state index is 0.0962. The van der Waals surface area contributed by atoms with Crippen LogP contribution in [0.3, 0.4) is 0 Å². The molecule has 0 saturated heterocycles. The molecule has 1 aromatic heterocycles. The number of anilines is 2. The first-order valence-electron chi connectivity index (χ1n) is 8.94. The summed E-state index contributed by atoms with van der Waals surface area (Å²) in [6, 6.07) is 17.7. The molecule has 0 fully saturated rings. The average molecular weight is 376 g/mol. The van der Waals surface area contributed by atoms with Crippen LogP contribution in [0.4, 0.5) is 11.4 Å². The van der Waals surface area contributed by atoms with Gasteiger partial charge in [-0.25, -0.2) is 0 Å². The maximum absolute atomic E-state index is 12.5. The maximum Gasteiger partial charge on any atom is 0.265 e. The molecule has 0 aliphatic carbocycles. The Kier molecular flexibility index (Phi) is 4.77. The monoisotopic (exact) mass is 376 g/mol. The zero-order valence-corrected chi connectivity index (χ0v) is 15.9. The summed E-state index contributed by atoms with van der Waals surface area (Å²) in [6.07, 6.45) is 1.18. The molecule has 4 nitrogen and oxygen atoms in total. The molecule has 0 spiro atoms. The highest BCUT2D eigenvalue weighted by Crippen LogP contribution is 2.32. The van der Waals surface area contributed by atoms with Crippen molar-refractivity contribution in [2.45, 2.75) is 26.3 Å². The molecule has 27 heavy (non-hydrogen) atoms. The Hall–Kier alpha value is -2.92. The minimum atomic E-state index is -0.0962. The second kappa shape index (κ2) is 7.37. The summed E-state index contributed by atoms with van der Waals surface area (Å²) in [5.41, 5.74) is 4.97. The van der Waals surface area contributed by atoms with Gasteiger partial charge in [0.25, 0.3) is 5.91 Å². The molecule has 2 heterocycles. The van der Waals surface area contributed by atoms with Crippen molar-refractivity contribution in [3.05, 3.63) is 81.5 Å². The number of benzene rings is 2. The molecule has 1 N–H and O–H groups in total. The fourth-order valence-electron chi connectivity index (χ4n) is 3.32. The summed E-state index contributed by atoms with van der Waals surface area (Å²) in [5, 5.41) is 4.93. The quantitative estimate of drug-likeness (QED) is 0.712. The average Bonchev–Trinajstić information content (AvgIpc) is 3.11. The minimum Gasteiger partial charge on any atom is -0.321 e. The third kappa shape index (κ3) is 3.78. The SMILES string of the molecule is Cc1csc(C(=O)Nc2ccc3c(c2)CCC(=O)N3Cc2ccccc2)c1. The Bertz CT molecular complexity index is 995. The van der Waals surface area contributed by atoms with Crippen molar-refractivity contribution >= 4 is 34.5 Å². The normalized spacial score (nSPS) is 13.4.